The number of ether oxygens (including phenoxy) is 1. The van der Waals surface area contributed by atoms with E-state index in [1.54, 1.807) is 18.9 Å². The Morgan fingerprint density at radius 2 is 1.85 bits per heavy atom. The van der Waals surface area contributed by atoms with Crippen LogP contribution in [0.1, 0.15) is 18.5 Å². The molecule has 0 aromatic heterocycles. The fourth-order valence-corrected chi connectivity index (χ4v) is 3.18. The Bertz CT molecular complexity index is 571. The zero-order valence-corrected chi connectivity index (χ0v) is 13.4. The minimum Gasteiger partial charge on any atom is -0.496 e. The highest BCUT2D eigenvalue weighted by Gasteiger charge is 2.15. The molecule has 0 heterocycles. The van der Waals surface area contributed by atoms with Crippen LogP contribution in [0.4, 0.5) is 0 Å². The molecule has 20 heavy (non-hydrogen) atoms. The third-order valence-electron chi connectivity index (χ3n) is 3.15. The first kappa shape index (κ1) is 15.2. The van der Waals surface area contributed by atoms with Gasteiger partial charge in [0.25, 0.3) is 0 Å². The summed E-state index contributed by atoms with van der Waals surface area (Å²) in [5.74, 6) is 0.908. The number of benzene rings is 2. The van der Waals surface area contributed by atoms with Crippen molar-refractivity contribution in [3.63, 3.8) is 0 Å². The highest BCUT2D eigenvalue weighted by molar-refractivity contribution is 7.99. The van der Waals surface area contributed by atoms with Gasteiger partial charge in [0.1, 0.15) is 5.75 Å². The first-order valence-electron chi connectivity index (χ1n) is 6.43. The number of hydrogen-bond acceptors (Lipinski definition) is 3. The normalized spacial score (nSPS) is 12.2. The van der Waals surface area contributed by atoms with Crippen LogP contribution in [0.25, 0.3) is 0 Å². The van der Waals surface area contributed by atoms with Crippen molar-refractivity contribution in [3.05, 3.63) is 53.1 Å². The molecule has 2 aromatic rings. The second kappa shape index (κ2) is 7.02. The van der Waals surface area contributed by atoms with Gasteiger partial charge in [0, 0.05) is 26.4 Å². The molecule has 2 nitrogen and oxygen atoms in total. The summed E-state index contributed by atoms with van der Waals surface area (Å²) in [4.78, 5) is 2.35. The molecule has 1 atom stereocenters. The van der Waals surface area contributed by atoms with Crippen molar-refractivity contribution in [2.24, 2.45) is 0 Å². The summed E-state index contributed by atoms with van der Waals surface area (Å²) in [6.07, 6.45) is 0. The van der Waals surface area contributed by atoms with E-state index in [2.05, 4.69) is 18.3 Å². The summed E-state index contributed by atoms with van der Waals surface area (Å²) in [6.45, 7) is 2.13. The lowest BCUT2D eigenvalue weighted by molar-refractivity contribution is 0.401. The zero-order valence-electron chi connectivity index (χ0n) is 11.8. The van der Waals surface area contributed by atoms with E-state index in [4.69, 9.17) is 16.3 Å². The minimum absolute atomic E-state index is 0.223. The molecule has 4 heteroatoms. The quantitative estimate of drug-likeness (QED) is 0.859. The van der Waals surface area contributed by atoms with E-state index in [1.165, 1.54) is 10.5 Å². The molecule has 106 valence electrons. The monoisotopic (exact) mass is 307 g/mol. The van der Waals surface area contributed by atoms with Crippen molar-refractivity contribution in [2.75, 3.05) is 14.2 Å². The maximum absolute atomic E-state index is 5.93. The number of nitrogens with one attached hydrogen (secondary N) is 1. The first-order valence-corrected chi connectivity index (χ1v) is 7.62. The number of methoxy groups -OCH3 is 1. The summed E-state index contributed by atoms with van der Waals surface area (Å²) in [7, 11) is 3.66. The molecule has 0 aliphatic heterocycles. The van der Waals surface area contributed by atoms with E-state index in [-0.39, 0.29) is 6.04 Å². The van der Waals surface area contributed by atoms with E-state index in [0.717, 1.165) is 15.7 Å². The molecule has 2 aromatic carbocycles. The Kier molecular flexibility index (Phi) is 5.35. The van der Waals surface area contributed by atoms with Crippen LogP contribution in [-0.2, 0) is 0 Å². The van der Waals surface area contributed by atoms with Gasteiger partial charge in [-0.3, -0.25) is 0 Å². The van der Waals surface area contributed by atoms with E-state index in [0.29, 0.717) is 0 Å². The standard InChI is InChI=1S/C16H18ClNOS/c1-11(18-2)16-14(19-3)5-4-6-15(16)20-13-9-7-12(17)8-10-13/h4-11,18H,1-3H3. The Labute approximate surface area is 129 Å². The topological polar surface area (TPSA) is 21.3 Å². The second-order valence-electron chi connectivity index (χ2n) is 4.44. The third kappa shape index (κ3) is 3.48. The van der Waals surface area contributed by atoms with Crippen LogP contribution >= 0.6 is 23.4 Å². The fraction of sp³-hybridized carbons (Fsp3) is 0.250. The molecule has 0 fully saturated rings. The molecule has 0 saturated carbocycles. The predicted molar refractivity (Wildman–Crippen MR) is 86.0 cm³/mol. The fourth-order valence-electron chi connectivity index (χ4n) is 1.99. The van der Waals surface area contributed by atoms with Crippen LogP contribution in [0.2, 0.25) is 5.02 Å². The van der Waals surface area contributed by atoms with E-state index in [1.807, 2.05) is 43.4 Å². The van der Waals surface area contributed by atoms with Gasteiger partial charge in [-0.1, -0.05) is 29.4 Å². The maximum Gasteiger partial charge on any atom is 0.124 e. The highest BCUT2D eigenvalue weighted by atomic mass is 35.5. The molecule has 0 radical (unpaired) electrons. The summed E-state index contributed by atoms with van der Waals surface area (Å²) in [5.41, 5.74) is 1.18. The first-order chi connectivity index (χ1) is 9.65. The lowest BCUT2D eigenvalue weighted by Crippen LogP contribution is -2.14. The molecular weight excluding hydrogens is 290 g/mol. The van der Waals surface area contributed by atoms with Gasteiger partial charge in [-0.15, -0.1) is 0 Å². The molecule has 0 saturated heterocycles. The molecule has 1 unspecified atom stereocenters. The Morgan fingerprint density at radius 1 is 1.15 bits per heavy atom. The summed E-state index contributed by atoms with van der Waals surface area (Å²) in [5, 5.41) is 4.03. The minimum atomic E-state index is 0.223. The van der Waals surface area contributed by atoms with Crippen molar-refractivity contribution in [2.45, 2.75) is 22.8 Å². The second-order valence-corrected chi connectivity index (χ2v) is 5.99. The van der Waals surface area contributed by atoms with Crippen molar-refractivity contribution < 1.29 is 4.74 Å². The molecule has 0 bridgehead atoms. The average molecular weight is 308 g/mol. The van der Waals surface area contributed by atoms with Crippen molar-refractivity contribution in [1.82, 2.24) is 5.32 Å². The van der Waals surface area contributed by atoms with Gasteiger partial charge in [0.2, 0.25) is 0 Å². The van der Waals surface area contributed by atoms with Gasteiger partial charge >= 0.3 is 0 Å². The number of halogens is 1. The van der Waals surface area contributed by atoms with E-state index < -0.39 is 0 Å². The van der Waals surface area contributed by atoms with Crippen molar-refractivity contribution in [1.29, 1.82) is 0 Å². The maximum atomic E-state index is 5.93. The molecule has 2 rings (SSSR count). The van der Waals surface area contributed by atoms with E-state index >= 15 is 0 Å². The third-order valence-corrected chi connectivity index (χ3v) is 4.49. The largest absolute Gasteiger partial charge is 0.496 e. The average Bonchev–Trinajstić information content (AvgIpc) is 2.48. The Balaban J connectivity index is 2.37. The summed E-state index contributed by atoms with van der Waals surface area (Å²) >= 11 is 7.64. The molecule has 0 aliphatic carbocycles. The summed E-state index contributed by atoms with van der Waals surface area (Å²) in [6, 6.07) is 14.2. The van der Waals surface area contributed by atoms with Gasteiger partial charge < -0.3 is 10.1 Å². The highest BCUT2D eigenvalue weighted by Crippen LogP contribution is 2.38. The van der Waals surface area contributed by atoms with Crippen LogP contribution in [-0.4, -0.2) is 14.2 Å². The van der Waals surface area contributed by atoms with Crippen LogP contribution < -0.4 is 10.1 Å². The smallest absolute Gasteiger partial charge is 0.124 e. The Morgan fingerprint density at radius 3 is 2.45 bits per heavy atom. The van der Waals surface area contributed by atoms with Gasteiger partial charge in [-0.05, 0) is 50.4 Å². The van der Waals surface area contributed by atoms with Crippen molar-refractivity contribution >= 4 is 23.4 Å². The molecule has 0 spiro atoms. The van der Waals surface area contributed by atoms with Gasteiger partial charge in [-0.2, -0.15) is 0 Å². The van der Waals surface area contributed by atoms with Crippen LogP contribution in [0.5, 0.6) is 5.75 Å². The molecule has 0 amide bonds. The van der Waals surface area contributed by atoms with Crippen LogP contribution in [0.3, 0.4) is 0 Å². The molecule has 1 N–H and O–H groups in total. The molecular formula is C16H18ClNOS. The van der Waals surface area contributed by atoms with Gasteiger partial charge in [0.15, 0.2) is 0 Å². The predicted octanol–water partition coefficient (Wildman–Crippen LogP) is 4.78. The number of hydrogen-bond donors (Lipinski definition) is 1. The lowest BCUT2D eigenvalue weighted by atomic mass is 10.1. The van der Waals surface area contributed by atoms with Gasteiger partial charge in [0.05, 0.1) is 7.11 Å². The van der Waals surface area contributed by atoms with Gasteiger partial charge in [-0.25, -0.2) is 0 Å². The van der Waals surface area contributed by atoms with Crippen molar-refractivity contribution in [3.8, 4) is 5.75 Å². The summed E-state index contributed by atoms with van der Waals surface area (Å²) < 4.78 is 5.49. The van der Waals surface area contributed by atoms with Crippen LogP contribution in [0.15, 0.2) is 52.3 Å². The SMILES string of the molecule is CNC(C)c1c(OC)cccc1Sc1ccc(Cl)cc1. The lowest BCUT2D eigenvalue weighted by Gasteiger charge is -2.19. The van der Waals surface area contributed by atoms with Crippen LogP contribution in [0, 0.1) is 0 Å². The van der Waals surface area contributed by atoms with E-state index in [9.17, 15) is 0 Å². The molecule has 0 aliphatic rings. The zero-order chi connectivity index (χ0) is 14.5. The Hall–Kier alpha value is -1.16. The number of rotatable bonds is 5.